The number of hydrogen-bond acceptors (Lipinski definition) is 7. The summed E-state index contributed by atoms with van der Waals surface area (Å²) in [5.74, 6) is -3.05. The van der Waals surface area contributed by atoms with Gasteiger partial charge in [0.05, 0.1) is 12.9 Å². The Labute approximate surface area is 151 Å². The van der Waals surface area contributed by atoms with E-state index in [2.05, 4.69) is 20.7 Å². The molecule has 24 heavy (non-hydrogen) atoms. The topological polar surface area (TPSA) is 78.9 Å². The lowest BCUT2D eigenvalue weighted by Crippen LogP contribution is -2.41. The number of esters is 3. The molecule has 128 valence electrons. The number of thioether (sulfide) groups is 1. The van der Waals surface area contributed by atoms with Gasteiger partial charge in [-0.3, -0.25) is 4.79 Å². The number of hydrogen-bond donors (Lipinski definition) is 0. The van der Waals surface area contributed by atoms with E-state index in [1.807, 2.05) is 0 Å². The quantitative estimate of drug-likeness (QED) is 0.324. The molecule has 0 atom stereocenters. The van der Waals surface area contributed by atoms with Crippen molar-refractivity contribution in [2.45, 2.75) is 24.5 Å². The zero-order valence-corrected chi connectivity index (χ0v) is 15.7. The van der Waals surface area contributed by atoms with Crippen LogP contribution in [0.25, 0.3) is 6.08 Å². The van der Waals surface area contributed by atoms with Crippen LogP contribution in [0.15, 0.2) is 33.1 Å². The SMILES string of the molecule is COC(=O)CSc1cc(Br)ccc1C=C1C(=O)OC(C)(C)OC1=O. The van der Waals surface area contributed by atoms with Crippen molar-refractivity contribution in [2.24, 2.45) is 0 Å². The first-order valence-electron chi connectivity index (χ1n) is 6.89. The molecule has 0 amide bonds. The molecule has 0 saturated carbocycles. The third-order valence-electron chi connectivity index (χ3n) is 2.97. The second-order valence-corrected chi connectivity index (χ2v) is 7.22. The summed E-state index contributed by atoms with van der Waals surface area (Å²) in [6, 6.07) is 5.26. The van der Waals surface area contributed by atoms with E-state index >= 15 is 0 Å². The van der Waals surface area contributed by atoms with Gasteiger partial charge in [-0.05, 0) is 23.8 Å². The summed E-state index contributed by atoms with van der Waals surface area (Å²) < 4.78 is 15.5. The standard InChI is InChI=1S/C16H15BrO6S/c1-16(2)22-14(19)11(15(20)23-16)6-9-4-5-10(17)7-12(9)24-8-13(18)21-3/h4-7H,8H2,1-3H3. The minimum absolute atomic E-state index is 0.102. The van der Waals surface area contributed by atoms with Crippen LogP contribution >= 0.6 is 27.7 Å². The average molecular weight is 415 g/mol. The fourth-order valence-corrected chi connectivity index (χ4v) is 3.29. The van der Waals surface area contributed by atoms with Crippen LogP contribution < -0.4 is 0 Å². The van der Waals surface area contributed by atoms with Crippen molar-refractivity contribution < 1.29 is 28.6 Å². The zero-order valence-electron chi connectivity index (χ0n) is 13.3. The molecule has 6 nitrogen and oxygen atoms in total. The van der Waals surface area contributed by atoms with Crippen LogP contribution in [-0.2, 0) is 28.6 Å². The predicted molar refractivity (Wildman–Crippen MR) is 91.1 cm³/mol. The van der Waals surface area contributed by atoms with E-state index < -0.39 is 17.7 Å². The first-order valence-corrected chi connectivity index (χ1v) is 8.67. The van der Waals surface area contributed by atoms with Crippen molar-refractivity contribution in [1.82, 2.24) is 0 Å². The van der Waals surface area contributed by atoms with Gasteiger partial charge >= 0.3 is 17.9 Å². The second kappa shape index (κ2) is 7.40. The van der Waals surface area contributed by atoms with Gasteiger partial charge < -0.3 is 14.2 Å². The number of benzene rings is 1. The number of halogens is 1. The molecule has 1 heterocycles. The molecule has 1 fully saturated rings. The van der Waals surface area contributed by atoms with Crippen LogP contribution in [0.1, 0.15) is 19.4 Å². The molecule has 1 aliphatic heterocycles. The molecule has 0 radical (unpaired) electrons. The molecule has 1 saturated heterocycles. The molecule has 1 aromatic rings. The highest BCUT2D eigenvalue weighted by atomic mass is 79.9. The number of carbonyl (C=O) groups is 3. The van der Waals surface area contributed by atoms with Gasteiger partial charge in [0.2, 0.25) is 0 Å². The maximum atomic E-state index is 12.0. The third-order valence-corrected chi connectivity index (χ3v) is 4.50. The number of cyclic esters (lactones) is 2. The lowest BCUT2D eigenvalue weighted by Gasteiger charge is -2.29. The van der Waals surface area contributed by atoms with Gasteiger partial charge in [-0.15, -0.1) is 11.8 Å². The molecule has 0 aliphatic carbocycles. The summed E-state index contributed by atoms with van der Waals surface area (Å²) >= 11 is 4.58. The Morgan fingerprint density at radius 3 is 2.50 bits per heavy atom. The highest BCUT2D eigenvalue weighted by molar-refractivity contribution is 9.10. The summed E-state index contributed by atoms with van der Waals surface area (Å²) in [6.07, 6.45) is 1.39. The van der Waals surface area contributed by atoms with E-state index in [1.165, 1.54) is 38.8 Å². The Hall–Kier alpha value is -1.80. The maximum absolute atomic E-state index is 12.0. The van der Waals surface area contributed by atoms with Crippen molar-refractivity contribution in [3.05, 3.63) is 33.8 Å². The first kappa shape index (κ1) is 18.5. The Kier molecular flexibility index (Phi) is 5.71. The molecular formula is C16H15BrO6S. The van der Waals surface area contributed by atoms with Crippen LogP contribution in [0.4, 0.5) is 0 Å². The Morgan fingerprint density at radius 2 is 1.92 bits per heavy atom. The summed E-state index contributed by atoms with van der Waals surface area (Å²) in [5, 5.41) is 0. The Balaban J connectivity index is 2.33. The van der Waals surface area contributed by atoms with E-state index in [1.54, 1.807) is 18.2 Å². The summed E-state index contributed by atoms with van der Waals surface area (Å²) in [5.41, 5.74) is 0.396. The molecule has 1 aromatic carbocycles. The second-order valence-electron chi connectivity index (χ2n) is 5.28. The fourth-order valence-electron chi connectivity index (χ4n) is 1.88. The number of methoxy groups -OCH3 is 1. The minimum Gasteiger partial charge on any atom is -0.468 e. The molecule has 8 heteroatoms. The van der Waals surface area contributed by atoms with Crippen molar-refractivity contribution in [1.29, 1.82) is 0 Å². The van der Waals surface area contributed by atoms with Crippen LogP contribution in [0.5, 0.6) is 0 Å². The van der Waals surface area contributed by atoms with Gasteiger partial charge in [-0.2, -0.15) is 0 Å². The van der Waals surface area contributed by atoms with Crippen molar-refractivity contribution >= 4 is 51.7 Å². The van der Waals surface area contributed by atoms with E-state index in [-0.39, 0.29) is 17.3 Å². The number of carbonyl (C=O) groups excluding carboxylic acids is 3. The Bertz CT molecular complexity index is 703. The molecule has 1 aliphatic rings. The molecule has 0 unspecified atom stereocenters. The van der Waals surface area contributed by atoms with Crippen LogP contribution in [0.3, 0.4) is 0 Å². The molecular weight excluding hydrogens is 400 g/mol. The van der Waals surface area contributed by atoms with E-state index in [4.69, 9.17) is 9.47 Å². The predicted octanol–water partition coefficient (Wildman–Crippen LogP) is 2.93. The van der Waals surface area contributed by atoms with Crippen LogP contribution in [0, 0.1) is 0 Å². The lowest BCUT2D eigenvalue weighted by atomic mass is 10.1. The highest BCUT2D eigenvalue weighted by Gasteiger charge is 2.38. The van der Waals surface area contributed by atoms with Crippen molar-refractivity contribution in [3.63, 3.8) is 0 Å². The van der Waals surface area contributed by atoms with Crippen molar-refractivity contribution in [3.8, 4) is 0 Å². The minimum atomic E-state index is -1.28. The van der Waals surface area contributed by atoms with E-state index in [0.717, 1.165) is 4.47 Å². The molecule has 0 bridgehead atoms. The fraction of sp³-hybridized carbons (Fsp3) is 0.312. The van der Waals surface area contributed by atoms with Crippen LogP contribution in [-0.4, -0.2) is 36.6 Å². The van der Waals surface area contributed by atoms with Gasteiger partial charge in [-0.1, -0.05) is 22.0 Å². The number of rotatable bonds is 4. The largest absolute Gasteiger partial charge is 0.468 e. The van der Waals surface area contributed by atoms with E-state index in [0.29, 0.717) is 10.5 Å². The van der Waals surface area contributed by atoms with Crippen molar-refractivity contribution in [2.75, 3.05) is 12.9 Å². The summed E-state index contributed by atoms with van der Waals surface area (Å²) in [6.45, 7) is 2.97. The van der Waals surface area contributed by atoms with E-state index in [9.17, 15) is 14.4 Å². The monoisotopic (exact) mass is 414 g/mol. The summed E-state index contributed by atoms with van der Waals surface area (Å²) in [4.78, 5) is 36.1. The molecule has 2 rings (SSSR count). The number of ether oxygens (including phenoxy) is 3. The lowest BCUT2D eigenvalue weighted by molar-refractivity contribution is -0.222. The van der Waals surface area contributed by atoms with Gasteiger partial charge in [-0.25, -0.2) is 9.59 Å². The van der Waals surface area contributed by atoms with Crippen LogP contribution in [0.2, 0.25) is 0 Å². The molecule has 0 N–H and O–H groups in total. The molecule has 0 aromatic heterocycles. The Morgan fingerprint density at radius 1 is 1.29 bits per heavy atom. The normalized spacial score (nSPS) is 16.2. The van der Waals surface area contributed by atoms with Gasteiger partial charge in [0.1, 0.15) is 5.57 Å². The smallest absolute Gasteiger partial charge is 0.348 e. The van der Waals surface area contributed by atoms with Gasteiger partial charge in [0.15, 0.2) is 0 Å². The van der Waals surface area contributed by atoms with Gasteiger partial charge in [0, 0.05) is 23.2 Å². The van der Waals surface area contributed by atoms with Gasteiger partial charge in [0.25, 0.3) is 5.79 Å². The average Bonchev–Trinajstić information content (AvgIpc) is 2.49. The third kappa shape index (κ3) is 4.61. The first-order chi connectivity index (χ1) is 11.2. The molecule has 0 spiro atoms. The summed E-state index contributed by atoms with van der Waals surface area (Å²) in [7, 11) is 1.31. The zero-order chi connectivity index (χ0) is 17.9. The highest BCUT2D eigenvalue weighted by Crippen LogP contribution is 2.30. The maximum Gasteiger partial charge on any atom is 0.348 e.